The highest BCUT2D eigenvalue weighted by atomic mass is 35.5. The van der Waals surface area contributed by atoms with E-state index in [9.17, 15) is 5.11 Å². The molecule has 25 heavy (non-hydrogen) atoms. The largest absolute Gasteiger partial charge is 0.480 e. The summed E-state index contributed by atoms with van der Waals surface area (Å²) < 4.78 is 5.07. The predicted molar refractivity (Wildman–Crippen MR) is 99.1 cm³/mol. The smallest absolute Gasteiger partial charge is 0.231 e. The number of aromatic nitrogens is 2. The Labute approximate surface area is 153 Å². The second-order valence-electron chi connectivity index (χ2n) is 6.67. The van der Waals surface area contributed by atoms with E-state index < -0.39 is 5.60 Å². The molecule has 0 amide bonds. The van der Waals surface area contributed by atoms with Crippen molar-refractivity contribution in [2.24, 2.45) is 0 Å². The van der Waals surface area contributed by atoms with Crippen LogP contribution >= 0.6 is 11.6 Å². The van der Waals surface area contributed by atoms with Crippen LogP contribution in [0.15, 0.2) is 36.7 Å². The van der Waals surface area contributed by atoms with E-state index in [1.165, 1.54) is 6.42 Å². The first-order chi connectivity index (χ1) is 12.1. The summed E-state index contributed by atoms with van der Waals surface area (Å²) in [5.41, 5.74) is 1.19. The van der Waals surface area contributed by atoms with Crippen LogP contribution in [0, 0.1) is 0 Å². The summed E-state index contributed by atoms with van der Waals surface area (Å²) in [5, 5.41) is 11.7. The average Bonchev–Trinajstić information content (AvgIpc) is 2.63. The first kappa shape index (κ1) is 18.0. The second kappa shape index (κ2) is 8.02. The van der Waals surface area contributed by atoms with Crippen LogP contribution in [0.1, 0.15) is 37.8 Å². The fourth-order valence-corrected chi connectivity index (χ4v) is 3.47. The van der Waals surface area contributed by atoms with Gasteiger partial charge in [-0.2, -0.15) is 0 Å². The number of hydrogen-bond acceptors (Lipinski definition) is 5. The Morgan fingerprint density at radius 2 is 1.84 bits per heavy atom. The van der Waals surface area contributed by atoms with Crippen molar-refractivity contribution in [3.8, 4) is 5.88 Å². The van der Waals surface area contributed by atoms with Crippen molar-refractivity contribution in [3.63, 3.8) is 0 Å². The number of anilines is 1. The molecule has 6 heteroatoms. The summed E-state index contributed by atoms with van der Waals surface area (Å²) in [6, 6.07) is 7.69. The van der Waals surface area contributed by atoms with Crippen LogP contribution in [0.2, 0.25) is 5.02 Å². The number of methoxy groups -OCH3 is 1. The SMILES string of the molecule is COc1cnc(CN(CC2(O)CCCCC2)c2ccc(Cl)cc2)cn1. The van der Waals surface area contributed by atoms with Gasteiger partial charge < -0.3 is 14.7 Å². The Hall–Kier alpha value is -1.85. The van der Waals surface area contributed by atoms with Gasteiger partial charge in [-0.1, -0.05) is 30.9 Å². The zero-order chi connectivity index (χ0) is 17.7. The standard InChI is InChI=1S/C19H24ClN3O2/c1-25-18-12-21-16(11-22-18)13-23(17-7-5-15(20)6-8-17)14-19(24)9-3-2-4-10-19/h5-8,11-12,24H,2-4,9-10,13-14H2,1H3. The molecule has 0 aliphatic heterocycles. The molecule has 0 atom stereocenters. The Kier molecular flexibility index (Phi) is 5.76. The molecule has 5 nitrogen and oxygen atoms in total. The summed E-state index contributed by atoms with van der Waals surface area (Å²) in [4.78, 5) is 10.8. The molecule has 0 unspecified atom stereocenters. The van der Waals surface area contributed by atoms with E-state index in [0.717, 1.165) is 37.1 Å². The number of aliphatic hydroxyl groups is 1. The van der Waals surface area contributed by atoms with E-state index in [2.05, 4.69) is 14.9 Å². The molecule has 1 fully saturated rings. The molecule has 1 aliphatic rings. The minimum atomic E-state index is -0.655. The fraction of sp³-hybridized carbons (Fsp3) is 0.474. The molecule has 3 rings (SSSR count). The maximum Gasteiger partial charge on any atom is 0.231 e. The van der Waals surface area contributed by atoms with Crippen LogP contribution < -0.4 is 9.64 Å². The summed E-state index contributed by atoms with van der Waals surface area (Å²) >= 11 is 6.03. The molecular weight excluding hydrogens is 338 g/mol. The molecule has 0 spiro atoms. The number of benzene rings is 1. The normalized spacial score (nSPS) is 16.4. The third kappa shape index (κ3) is 4.83. The van der Waals surface area contributed by atoms with Crippen molar-refractivity contribution in [2.75, 3.05) is 18.6 Å². The van der Waals surface area contributed by atoms with E-state index in [0.29, 0.717) is 24.0 Å². The lowest BCUT2D eigenvalue weighted by molar-refractivity contribution is 0.0107. The lowest BCUT2D eigenvalue weighted by Gasteiger charge is -2.38. The third-order valence-electron chi connectivity index (χ3n) is 4.70. The zero-order valence-corrected chi connectivity index (χ0v) is 15.2. The second-order valence-corrected chi connectivity index (χ2v) is 7.10. The van der Waals surface area contributed by atoms with Crippen LogP contribution in [0.3, 0.4) is 0 Å². The minimum Gasteiger partial charge on any atom is -0.480 e. The number of halogens is 1. The van der Waals surface area contributed by atoms with Crippen LogP contribution in [-0.2, 0) is 6.54 Å². The summed E-state index contributed by atoms with van der Waals surface area (Å²) in [7, 11) is 1.57. The first-order valence-electron chi connectivity index (χ1n) is 8.66. The molecule has 134 valence electrons. The molecule has 0 radical (unpaired) electrons. The highest BCUT2D eigenvalue weighted by molar-refractivity contribution is 6.30. The van der Waals surface area contributed by atoms with Gasteiger partial charge in [0.15, 0.2) is 0 Å². The quantitative estimate of drug-likeness (QED) is 0.847. The molecule has 0 saturated heterocycles. The Morgan fingerprint density at radius 3 is 2.44 bits per heavy atom. The van der Waals surface area contributed by atoms with Gasteiger partial charge >= 0.3 is 0 Å². The number of nitrogens with zero attached hydrogens (tertiary/aromatic N) is 3. The Morgan fingerprint density at radius 1 is 1.12 bits per heavy atom. The van der Waals surface area contributed by atoms with E-state index in [-0.39, 0.29) is 0 Å². The Balaban J connectivity index is 1.81. The predicted octanol–water partition coefficient (Wildman–Crippen LogP) is 3.84. The molecular formula is C19H24ClN3O2. The van der Waals surface area contributed by atoms with Gasteiger partial charge in [-0.3, -0.25) is 4.98 Å². The highest BCUT2D eigenvalue weighted by Gasteiger charge is 2.31. The van der Waals surface area contributed by atoms with Crippen molar-refractivity contribution >= 4 is 17.3 Å². The molecule has 1 saturated carbocycles. The monoisotopic (exact) mass is 361 g/mol. The van der Waals surface area contributed by atoms with Gasteiger partial charge in [0.2, 0.25) is 5.88 Å². The lowest BCUT2D eigenvalue weighted by Crippen LogP contribution is -2.44. The van der Waals surface area contributed by atoms with E-state index >= 15 is 0 Å². The molecule has 1 aromatic heterocycles. The van der Waals surface area contributed by atoms with Gasteiger partial charge in [0.05, 0.1) is 37.3 Å². The van der Waals surface area contributed by atoms with Crippen LogP contribution in [0.4, 0.5) is 5.69 Å². The van der Waals surface area contributed by atoms with Crippen molar-refractivity contribution in [1.29, 1.82) is 0 Å². The van der Waals surface area contributed by atoms with Crippen molar-refractivity contribution in [2.45, 2.75) is 44.2 Å². The lowest BCUT2D eigenvalue weighted by atomic mass is 9.84. The van der Waals surface area contributed by atoms with Crippen molar-refractivity contribution < 1.29 is 9.84 Å². The van der Waals surface area contributed by atoms with E-state index in [1.807, 2.05) is 24.3 Å². The summed E-state index contributed by atoms with van der Waals surface area (Å²) in [6.45, 7) is 1.14. The summed E-state index contributed by atoms with van der Waals surface area (Å²) in [5.74, 6) is 0.493. The highest BCUT2D eigenvalue weighted by Crippen LogP contribution is 2.31. The van der Waals surface area contributed by atoms with Crippen LogP contribution in [0.5, 0.6) is 5.88 Å². The van der Waals surface area contributed by atoms with Gasteiger partial charge in [0.1, 0.15) is 0 Å². The molecule has 1 aliphatic carbocycles. The fourth-order valence-electron chi connectivity index (χ4n) is 3.34. The van der Waals surface area contributed by atoms with Gasteiger partial charge in [-0.15, -0.1) is 0 Å². The van der Waals surface area contributed by atoms with E-state index in [1.54, 1.807) is 19.5 Å². The molecule has 1 N–H and O–H groups in total. The van der Waals surface area contributed by atoms with Gasteiger partial charge in [-0.25, -0.2) is 4.98 Å². The van der Waals surface area contributed by atoms with Crippen molar-refractivity contribution in [3.05, 3.63) is 47.4 Å². The zero-order valence-electron chi connectivity index (χ0n) is 14.5. The van der Waals surface area contributed by atoms with Crippen molar-refractivity contribution in [1.82, 2.24) is 9.97 Å². The molecule has 1 heterocycles. The van der Waals surface area contributed by atoms with Gasteiger partial charge in [0.25, 0.3) is 0 Å². The molecule has 1 aromatic carbocycles. The number of hydrogen-bond donors (Lipinski definition) is 1. The maximum absolute atomic E-state index is 11.0. The van der Waals surface area contributed by atoms with Gasteiger partial charge in [-0.05, 0) is 37.1 Å². The van der Waals surface area contributed by atoms with Crippen LogP contribution in [0.25, 0.3) is 0 Å². The number of ether oxygens (including phenoxy) is 1. The molecule has 2 aromatic rings. The summed E-state index contributed by atoms with van der Waals surface area (Å²) in [6.07, 6.45) is 8.36. The third-order valence-corrected chi connectivity index (χ3v) is 4.96. The number of rotatable bonds is 6. The minimum absolute atomic E-state index is 0.493. The average molecular weight is 362 g/mol. The van der Waals surface area contributed by atoms with Crippen LogP contribution in [-0.4, -0.2) is 34.3 Å². The first-order valence-corrected chi connectivity index (χ1v) is 9.04. The maximum atomic E-state index is 11.0. The van der Waals surface area contributed by atoms with Gasteiger partial charge in [0, 0.05) is 17.3 Å². The molecule has 0 bridgehead atoms. The Bertz CT molecular complexity index is 670. The topological polar surface area (TPSA) is 58.5 Å². The van der Waals surface area contributed by atoms with E-state index in [4.69, 9.17) is 16.3 Å².